The molecule has 0 N–H and O–H groups in total. The monoisotopic (exact) mass is 305 g/mol. The largest absolute Gasteiger partial charge is 0.433 e. The zero-order chi connectivity index (χ0) is 14.3. The molecule has 0 radical (unpaired) electrons. The van der Waals surface area contributed by atoms with Crippen LogP contribution in [-0.2, 0) is 6.18 Å². The first-order valence-electron chi connectivity index (χ1n) is 6.83. The van der Waals surface area contributed by atoms with Gasteiger partial charge in [-0.25, -0.2) is 9.97 Å². The number of rotatable bonds is 1. The summed E-state index contributed by atoms with van der Waals surface area (Å²) < 4.78 is 38.4. The van der Waals surface area contributed by atoms with Gasteiger partial charge in [-0.05, 0) is 36.8 Å². The topological polar surface area (TPSA) is 29.0 Å². The average Bonchev–Trinajstić information content (AvgIpc) is 2.80. The Labute approximate surface area is 120 Å². The van der Waals surface area contributed by atoms with Crippen molar-refractivity contribution >= 4 is 17.4 Å². The molecule has 2 unspecified atom stereocenters. The fourth-order valence-electron chi connectivity index (χ4n) is 3.39. The maximum atomic E-state index is 12.8. The van der Waals surface area contributed by atoms with Gasteiger partial charge in [0.05, 0.1) is 0 Å². The van der Waals surface area contributed by atoms with Gasteiger partial charge in [-0.2, -0.15) is 13.2 Å². The molecule has 1 aliphatic carbocycles. The maximum Gasteiger partial charge on any atom is 0.433 e. The van der Waals surface area contributed by atoms with E-state index >= 15 is 0 Å². The van der Waals surface area contributed by atoms with Gasteiger partial charge in [0.1, 0.15) is 5.82 Å². The van der Waals surface area contributed by atoms with E-state index in [0.29, 0.717) is 17.8 Å². The van der Waals surface area contributed by atoms with Gasteiger partial charge in [-0.1, -0.05) is 12.8 Å². The van der Waals surface area contributed by atoms with Crippen LogP contribution in [0.3, 0.4) is 0 Å². The lowest BCUT2D eigenvalue weighted by Gasteiger charge is -2.32. The van der Waals surface area contributed by atoms with Crippen LogP contribution in [0.4, 0.5) is 19.0 Å². The van der Waals surface area contributed by atoms with E-state index in [4.69, 9.17) is 11.6 Å². The predicted molar refractivity (Wildman–Crippen MR) is 69.8 cm³/mol. The van der Waals surface area contributed by atoms with Crippen LogP contribution >= 0.6 is 11.6 Å². The van der Waals surface area contributed by atoms with Crippen molar-refractivity contribution < 1.29 is 13.2 Å². The first-order valence-corrected chi connectivity index (χ1v) is 7.21. The standard InChI is InChI=1S/C13H15ClF3N3/c14-12-18-10(13(15,16)17)7-11(19-12)20-6-5-8-3-1-2-4-9(8)20/h7-9H,1-6H2. The molecule has 1 aromatic heterocycles. The molecule has 2 aliphatic rings. The first kappa shape index (κ1) is 13.9. The molecule has 0 bridgehead atoms. The second-order valence-corrected chi connectivity index (χ2v) is 5.81. The second kappa shape index (κ2) is 5.06. The van der Waals surface area contributed by atoms with Crippen LogP contribution in [-0.4, -0.2) is 22.6 Å². The predicted octanol–water partition coefficient (Wildman–Crippen LogP) is 3.92. The average molecular weight is 306 g/mol. The Morgan fingerprint density at radius 2 is 1.90 bits per heavy atom. The van der Waals surface area contributed by atoms with Crippen LogP contribution in [0.1, 0.15) is 37.8 Å². The normalized spacial score (nSPS) is 26.7. The molecule has 3 nitrogen and oxygen atoms in total. The van der Waals surface area contributed by atoms with Crippen molar-refractivity contribution in [3.63, 3.8) is 0 Å². The molecule has 2 atom stereocenters. The zero-order valence-corrected chi connectivity index (χ0v) is 11.6. The fraction of sp³-hybridized carbons (Fsp3) is 0.692. The number of hydrogen-bond acceptors (Lipinski definition) is 3. The molecule has 0 amide bonds. The van der Waals surface area contributed by atoms with Gasteiger partial charge in [0.15, 0.2) is 5.69 Å². The highest BCUT2D eigenvalue weighted by Crippen LogP contribution is 2.39. The molecule has 110 valence electrons. The Balaban J connectivity index is 1.92. The van der Waals surface area contributed by atoms with E-state index in [9.17, 15) is 13.2 Å². The Hall–Kier alpha value is -1.04. The van der Waals surface area contributed by atoms with Gasteiger partial charge >= 0.3 is 6.18 Å². The number of aromatic nitrogens is 2. The summed E-state index contributed by atoms with van der Waals surface area (Å²) in [5.41, 5.74) is -0.966. The van der Waals surface area contributed by atoms with Gasteiger partial charge in [-0.3, -0.25) is 0 Å². The van der Waals surface area contributed by atoms with Gasteiger partial charge < -0.3 is 4.90 Å². The number of anilines is 1. The summed E-state index contributed by atoms with van der Waals surface area (Å²) in [7, 11) is 0. The number of hydrogen-bond donors (Lipinski definition) is 0. The summed E-state index contributed by atoms with van der Waals surface area (Å²) in [4.78, 5) is 9.26. The van der Waals surface area contributed by atoms with E-state index in [1.807, 2.05) is 4.90 Å². The maximum absolute atomic E-state index is 12.8. The van der Waals surface area contributed by atoms with E-state index in [0.717, 1.165) is 38.3 Å². The molecule has 2 heterocycles. The van der Waals surface area contributed by atoms with Crippen molar-refractivity contribution in [1.29, 1.82) is 0 Å². The lowest BCUT2D eigenvalue weighted by molar-refractivity contribution is -0.141. The minimum Gasteiger partial charge on any atom is -0.353 e. The molecule has 0 aromatic carbocycles. The lowest BCUT2D eigenvalue weighted by atomic mass is 9.85. The smallest absolute Gasteiger partial charge is 0.353 e. The highest BCUT2D eigenvalue weighted by atomic mass is 35.5. The van der Waals surface area contributed by atoms with E-state index in [1.54, 1.807) is 0 Å². The van der Waals surface area contributed by atoms with Crippen molar-refractivity contribution in [3.05, 3.63) is 17.0 Å². The minimum atomic E-state index is -4.49. The summed E-state index contributed by atoms with van der Waals surface area (Å²) in [6, 6.07) is 1.32. The van der Waals surface area contributed by atoms with Crippen LogP contribution in [0.5, 0.6) is 0 Å². The number of alkyl halides is 3. The van der Waals surface area contributed by atoms with Crippen LogP contribution in [0.25, 0.3) is 0 Å². The summed E-state index contributed by atoms with van der Waals surface area (Å²) in [6.07, 6.45) is 1.05. The molecule has 1 saturated carbocycles. The lowest BCUT2D eigenvalue weighted by Crippen LogP contribution is -2.35. The van der Waals surface area contributed by atoms with Crippen molar-refractivity contribution in [3.8, 4) is 0 Å². The van der Waals surface area contributed by atoms with Crippen molar-refractivity contribution in [2.24, 2.45) is 5.92 Å². The molecular weight excluding hydrogens is 291 g/mol. The minimum absolute atomic E-state index is 0.302. The van der Waals surface area contributed by atoms with E-state index < -0.39 is 11.9 Å². The molecule has 20 heavy (non-hydrogen) atoms. The Bertz CT molecular complexity index is 506. The zero-order valence-electron chi connectivity index (χ0n) is 10.8. The van der Waals surface area contributed by atoms with Gasteiger partial charge in [0.2, 0.25) is 5.28 Å². The Morgan fingerprint density at radius 3 is 2.65 bits per heavy atom. The third-order valence-corrected chi connectivity index (χ3v) is 4.45. The van der Waals surface area contributed by atoms with Gasteiger partial charge in [0, 0.05) is 18.7 Å². The van der Waals surface area contributed by atoms with Crippen LogP contribution < -0.4 is 4.90 Å². The number of nitrogens with zero attached hydrogens (tertiary/aromatic N) is 3. The molecular formula is C13H15ClF3N3. The van der Waals surface area contributed by atoms with E-state index in [-0.39, 0.29) is 5.28 Å². The van der Waals surface area contributed by atoms with Crippen molar-refractivity contribution in [2.75, 3.05) is 11.4 Å². The summed E-state index contributed by atoms with van der Waals surface area (Å²) in [6.45, 7) is 0.750. The Kier molecular flexibility index (Phi) is 3.52. The molecule has 1 saturated heterocycles. The quantitative estimate of drug-likeness (QED) is 0.736. The summed E-state index contributed by atoms with van der Waals surface area (Å²) in [5.74, 6) is 0.888. The molecule has 2 fully saturated rings. The highest BCUT2D eigenvalue weighted by molar-refractivity contribution is 6.28. The highest BCUT2D eigenvalue weighted by Gasteiger charge is 2.38. The molecule has 1 aliphatic heterocycles. The SMILES string of the molecule is FC(F)(F)c1cc(N2CCC3CCCCC32)nc(Cl)n1. The van der Waals surface area contributed by atoms with Gasteiger partial charge in [0.25, 0.3) is 0 Å². The fourth-order valence-corrected chi connectivity index (χ4v) is 3.57. The summed E-state index contributed by atoms with van der Waals surface area (Å²) >= 11 is 5.66. The van der Waals surface area contributed by atoms with Crippen molar-refractivity contribution in [1.82, 2.24) is 9.97 Å². The number of fused-ring (bicyclic) bond motifs is 1. The molecule has 7 heteroatoms. The summed E-state index contributed by atoms with van der Waals surface area (Å²) in [5, 5.41) is -0.339. The van der Waals surface area contributed by atoms with E-state index in [1.165, 1.54) is 6.42 Å². The second-order valence-electron chi connectivity index (χ2n) is 5.47. The molecule has 0 spiro atoms. The first-order chi connectivity index (χ1) is 9.45. The van der Waals surface area contributed by atoms with Crippen LogP contribution in [0.15, 0.2) is 6.07 Å². The Morgan fingerprint density at radius 1 is 1.15 bits per heavy atom. The van der Waals surface area contributed by atoms with Crippen LogP contribution in [0.2, 0.25) is 5.28 Å². The third-order valence-electron chi connectivity index (χ3n) is 4.28. The van der Waals surface area contributed by atoms with Crippen LogP contribution in [0, 0.1) is 5.92 Å². The van der Waals surface area contributed by atoms with Gasteiger partial charge in [-0.15, -0.1) is 0 Å². The third kappa shape index (κ3) is 2.57. The van der Waals surface area contributed by atoms with Crippen molar-refractivity contribution in [2.45, 2.75) is 44.3 Å². The number of halogens is 4. The van der Waals surface area contributed by atoms with E-state index in [2.05, 4.69) is 9.97 Å². The molecule has 3 rings (SSSR count). The molecule has 1 aromatic rings.